The second kappa shape index (κ2) is 7.45. The number of hydrogen-bond acceptors (Lipinski definition) is 6. The first kappa shape index (κ1) is 17.0. The van der Waals surface area contributed by atoms with Crippen molar-refractivity contribution in [1.29, 1.82) is 0 Å². The van der Waals surface area contributed by atoms with Crippen LogP contribution in [0.3, 0.4) is 0 Å². The molecule has 0 radical (unpaired) electrons. The van der Waals surface area contributed by atoms with Crippen LogP contribution in [0.15, 0.2) is 24.8 Å². The van der Waals surface area contributed by atoms with Gasteiger partial charge in [-0.3, -0.25) is 4.79 Å². The molecule has 0 N–H and O–H groups in total. The highest BCUT2D eigenvalue weighted by atomic mass is 16.5. The van der Waals surface area contributed by atoms with Gasteiger partial charge in [0.25, 0.3) is 5.91 Å². The molecule has 1 saturated heterocycles. The molecule has 2 fully saturated rings. The Balaban J connectivity index is 1.34. The molecule has 136 valence electrons. The number of aryl methyl sites for hydroxylation is 2. The first-order valence-corrected chi connectivity index (χ1v) is 9.19. The minimum Gasteiger partial charge on any atom is -0.375 e. The zero-order chi connectivity index (χ0) is 17.9. The Hall–Kier alpha value is -2.41. The van der Waals surface area contributed by atoms with Crippen LogP contribution in [0.25, 0.3) is 0 Å². The number of ether oxygens (including phenoxy) is 1. The molecular weight excluding hydrogens is 330 g/mol. The molecule has 1 aliphatic carbocycles. The van der Waals surface area contributed by atoms with Crippen LogP contribution in [0.2, 0.25) is 0 Å². The van der Waals surface area contributed by atoms with Gasteiger partial charge in [-0.1, -0.05) is 0 Å². The number of nitrogens with zero attached hydrogens (tertiary/aromatic N) is 5. The number of aromatic nitrogens is 4. The monoisotopic (exact) mass is 353 g/mol. The minimum atomic E-state index is -0.0153. The third-order valence-electron chi connectivity index (χ3n) is 4.87. The summed E-state index contributed by atoms with van der Waals surface area (Å²) in [5, 5.41) is 0. The van der Waals surface area contributed by atoms with Gasteiger partial charge in [0, 0.05) is 42.8 Å². The molecule has 0 spiro atoms. The van der Waals surface area contributed by atoms with Gasteiger partial charge in [-0.15, -0.1) is 0 Å². The highest BCUT2D eigenvalue weighted by Gasteiger charge is 2.28. The highest BCUT2D eigenvalue weighted by molar-refractivity contribution is 5.93. The normalized spacial score (nSPS) is 20.2. The lowest BCUT2D eigenvalue weighted by molar-refractivity contribution is -0.0247. The molecule has 2 aromatic heterocycles. The maximum Gasteiger partial charge on any atom is 0.257 e. The van der Waals surface area contributed by atoms with Gasteiger partial charge in [0.15, 0.2) is 0 Å². The quantitative estimate of drug-likeness (QED) is 0.817. The van der Waals surface area contributed by atoms with Crippen molar-refractivity contribution >= 4 is 5.91 Å². The molecule has 1 aliphatic heterocycles. The van der Waals surface area contributed by atoms with Gasteiger partial charge >= 0.3 is 0 Å². The third kappa shape index (κ3) is 4.04. The molecule has 1 atom stereocenters. The number of carbonyl (C=O) groups is 1. The predicted octanol–water partition coefficient (Wildman–Crippen LogP) is 1.93. The van der Waals surface area contributed by atoms with E-state index in [9.17, 15) is 4.79 Å². The van der Waals surface area contributed by atoms with Gasteiger partial charge in [0.05, 0.1) is 18.3 Å². The molecule has 1 unspecified atom stereocenters. The summed E-state index contributed by atoms with van der Waals surface area (Å²) in [7, 11) is 0. The van der Waals surface area contributed by atoms with E-state index in [1.807, 2.05) is 17.9 Å². The predicted molar refractivity (Wildman–Crippen MR) is 94.7 cm³/mol. The number of amides is 1. The summed E-state index contributed by atoms with van der Waals surface area (Å²) < 4.78 is 5.84. The molecule has 7 heteroatoms. The van der Waals surface area contributed by atoms with E-state index in [1.54, 1.807) is 18.7 Å². The van der Waals surface area contributed by atoms with Crippen molar-refractivity contribution in [2.45, 2.75) is 44.6 Å². The third-order valence-corrected chi connectivity index (χ3v) is 4.87. The fraction of sp³-hybridized carbons (Fsp3) is 0.526. The highest BCUT2D eigenvalue weighted by Crippen LogP contribution is 2.37. The van der Waals surface area contributed by atoms with Crippen LogP contribution in [-0.2, 0) is 11.2 Å². The van der Waals surface area contributed by atoms with Crippen molar-refractivity contribution in [3.8, 4) is 0 Å². The molecule has 1 amide bonds. The van der Waals surface area contributed by atoms with Gasteiger partial charge in [0.1, 0.15) is 12.2 Å². The zero-order valence-corrected chi connectivity index (χ0v) is 15.0. The molecule has 0 bridgehead atoms. The summed E-state index contributed by atoms with van der Waals surface area (Å²) in [4.78, 5) is 31.7. The summed E-state index contributed by atoms with van der Waals surface area (Å²) in [6, 6.07) is 1.99. The lowest BCUT2D eigenvalue weighted by atomic mass is 10.1. The van der Waals surface area contributed by atoms with Gasteiger partial charge < -0.3 is 9.64 Å². The van der Waals surface area contributed by atoms with E-state index < -0.39 is 0 Å². The van der Waals surface area contributed by atoms with Crippen LogP contribution in [0.5, 0.6) is 0 Å². The molecule has 2 aliphatic rings. The van der Waals surface area contributed by atoms with Crippen LogP contribution in [0, 0.1) is 6.92 Å². The first-order chi connectivity index (χ1) is 12.7. The molecule has 7 nitrogen and oxygen atoms in total. The van der Waals surface area contributed by atoms with Gasteiger partial charge in [0.2, 0.25) is 0 Å². The largest absolute Gasteiger partial charge is 0.375 e. The van der Waals surface area contributed by atoms with Crippen molar-refractivity contribution in [3.05, 3.63) is 47.6 Å². The number of hydrogen-bond donors (Lipinski definition) is 0. The molecule has 0 aromatic carbocycles. The van der Waals surface area contributed by atoms with Crippen molar-refractivity contribution < 1.29 is 9.53 Å². The molecule has 3 heterocycles. The van der Waals surface area contributed by atoms with Crippen molar-refractivity contribution in [1.82, 2.24) is 24.8 Å². The van der Waals surface area contributed by atoms with E-state index in [2.05, 4.69) is 19.9 Å². The Kier molecular flexibility index (Phi) is 4.88. The fourth-order valence-corrected chi connectivity index (χ4v) is 3.22. The van der Waals surface area contributed by atoms with E-state index in [0.717, 1.165) is 42.9 Å². The number of morpholine rings is 1. The maximum atomic E-state index is 12.7. The second-order valence-electron chi connectivity index (χ2n) is 7.04. The Bertz CT molecular complexity index is 776. The average molecular weight is 353 g/mol. The Morgan fingerprint density at radius 2 is 2.04 bits per heavy atom. The molecule has 2 aromatic rings. The summed E-state index contributed by atoms with van der Waals surface area (Å²) in [5.74, 6) is 1.34. The lowest BCUT2D eigenvalue weighted by Crippen LogP contribution is -2.45. The smallest absolute Gasteiger partial charge is 0.257 e. The standard InChI is InChI=1S/C19H23N5O2/c1-13-8-16(23-12-22-13)4-5-17-11-24(6-7-26-17)19(25)15-9-20-18(21-10-15)14-2-3-14/h8-10,12,14,17H,2-7,11H2,1H3. The molecular formula is C19H23N5O2. The Morgan fingerprint density at radius 3 is 2.77 bits per heavy atom. The zero-order valence-electron chi connectivity index (χ0n) is 15.0. The van der Waals surface area contributed by atoms with Crippen LogP contribution in [-0.4, -0.2) is 56.5 Å². The van der Waals surface area contributed by atoms with Gasteiger partial charge in [-0.2, -0.15) is 0 Å². The Labute approximate surface area is 152 Å². The molecule has 26 heavy (non-hydrogen) atoms. The van der Waals surface area contributed by atoms with E-state index >= 15 is 0 Å². The van der Waals surface area contributed by atoms with Gasteiger partial charge in [-0.05, 0) is 38.7 Å². The van der Waals surface area contributed by atoms with Crippen LogP contribution < -0.4 is 0 Å². The van der Waals surface area contributed by atoms with Crippen molar-refractivity contribution in [2.75, 3.05) is 19.7 Å². The summed E-state index contributed by atoms with van der Waals surface area (Å²) in [6.45, 7) is 3.71. The summed E-state index contributed by atoms with van der Waals surface area (Å²) in [6.07, 6.45) is 8.90. The molecule has 1 saturated carbocycles. The van der Waals surface area contributed by atoms with E-state index in [1.165, 1.54) is 0 Å². The van der Waals surface area contributed by atoms with Crippen LogP contribution in [0.1, 0.15) is 52.8 Å². The number of rotatable bonds is 5. The SMILES string of the molecule is Cc1cc(CCC2CN(C(=O)c3cnc(C4CC4)nc3)CCO2)ncn1. The molecule has 4 rings (SSSR count). The topological polar surface area (TPSA) is 81.1 Å². The maximum absolute atomic E-state index is 12.7. The van der Waals surface area contributed by atoms with Crippen LogP contribution in [0.4, 0.5) is 0 Å². The van der Waals surface area contributed by atoms with Crippen LogP contribution >= 0.6 is 0 Å². The Morgan fingerprint density at radius 1 is 1.23 bits per heavy atom. The fourth-order valence-electron chi connectivity index (χ4n) is 3.22. The van der Waals surface area contributed by atoms with Gasteiger partial charge in [-0.25, -0.2) is 19.9 Å². The van der Waals surface area contributed by atoms with E-state index in [-0.39, 0.29) is 12.0 Å². The van der Waals surface area contributed by atoms with Crippen molar-refractivity contribution in [3.63, 3.8) is 0 Å². The lowest BCUT2D eigenvalue weighted by Gasteiger charge is -2.33. The summed E-state index contributed by atoms with van der Waals surface area (Å²) in [5.41, 5.74) is 2.53. The summed E-state index contributed by atoms with van der Waals surface area (Å²) >= 11 is 0. The second-order valence-corrected chi connectivity index (χ2v) is 7.04. The average Bonchev–Trinajstić information content (AvgIpc) is 3.52. The van der Waals surface area contributed by atoms with E-state index in [0.29, 0.717) is 31.2 Å². The van der Waals surface area contributed by atoms with E-state index in [4.69, 9.17) is 4.74 Å². The van der Waals surface area contributed by atoms with Crippen molar-refractivity contribution in [2.24, 2.45) is 0 Å². The minimum absolute atomic E-state index is 0.0153. The first-order valence-electron chi connectivity index (χ1n) is 9.19. The number of carbonyl (C=O) groups excluding carboxylic acids is 1.